The van der Waals surface area contributed by atoms with Crippen molar-refractivity contribution < 1.29 is 24.2 Å². The molecule has 0 aliphatic carbocycles. The minimum absolute atomic E-state index is 0.121. The number of anilines is 2. The Balaban J connectivity index is 1.11. The molecule has 13 nitrogen and oxygen atoms in total. The molecule has 0 saturated carbocycles. The molecule has 4 amide bonds. The zero-order chi connectivity index (χ0) is 36.4. The summed E-state index contributed by atoms with van der Waals surface area (Å²) in [6.45, 7) is 5.09. The SMILES string of the molecule is C=CCN1CC(=O)N2[C@H](CN(Cc3cccc4c(-c5ccc(NC(=O)Nc6ccc(OC)cc6)nc5)cn(C)c34)C(=O)[C@@H]2Cc2ccc(O)cc2)N1. The highest BCUT2D eigenvalue weighted by atomic mass is 16.5. The summed E-state index contributed by atoms with van der Waals surface area (Å²) < 4.78 is 7.22. The van der Waals surface area contributed by atoms with E-state index >= 15 is 0 Å². The van der Waals surface area contributed by atoms with Crippen LogP contribution in [0.2, 0.25) is 0 Å². The quantitative estimate of drug-likeness (QED) is 0.154. The second-order valence-corrected chi connectivity index (χ2v) is 12.9. The van der Waals surface area contributed by atoms with Crippen LogP contribution >= 0.6 is 0 Å². The Morgan fingerprint density at radius 2 is 1.85 bits per heavy atom. The first-order chi connectivity index (χ1) is 25.2. The van der Waals surface area contributed by atoms with Gasteiger partial charge < -0.3 is 29.5 Å². The van der Waals surface area contributed by atoms with Gasteiger partial charge in [-0.15, -0.1) is 6.58 Å². The normalized spacial score (nSPS) is 17.6. The summed E-state index contributed by atoms with van der Waals surface area (Å²) in [5.74, 6) is 0.981. The number of piperazine rings is 1. The second kappa shape index (κ2) is 14.6. The molecule has 2 aliphatic rings. The van der Waals surface area contributed by atoms with Gasteiger partial charge in [0.05, 0.1) is 25.7 Å². The fourth-order valence-corrected chi connectivity index (χ4v) is 7.04. The maximum Gasteiger partial charge on any atom is 0.324 e. The number of hydrogen-bond acceptors (Lipinski definition) is 8. The van der Waals surface area contributed by atoms with Gasteiger partial charge in [0.25, 0.3) is 0 Å². The van der Waals surface area contributed by atoms with Gasteiger partial charge in [-0.25, -0.2) is 20.2 Å². The van der Waals surface area contributed by atoms with Crippen LogP contribution < -0.4 is 20.8 Å². The lowest BCUT2D eigenvalue weighted by Crippen LogP contribution is -2.74. The highest BCUT2D eigenvalue weighted by Crippen LogP contribution is 2.34. The largest absolute Gasteiger partial charge is 0.508 e. The lowest BCUT2D eigenvalue weighted by Gasteiger charge is -2.50. The number of carbonyl (C=O) groups excluding carboxylic acids is 3. The minimum Gasteiger partial charge on any atom is -0.508 e. The Hall–Kier alpha value is -6.18. The zero-order valence-corrected chi connectivity index (χ0v) is 29.0. The number of pyridine rings is 1. The summed E-state index contributed by atoms with van der Waals surface area (Å²) in [5.41, 5.74) is 8.68. The van der Waals surface area contributed by atoms with Gasteiger partial charge in [-0.2, -0.15) is 0 Å². The number of methoxy groups -OCH3 is 1. The van der Waals surface area contributed by atoms with Crippen LogP contribution in [-0.2, 0) is 29.6 Å². The summed E-state index contributed by atoms with van der Waals surface area (Å²) in [6, 6.07) is 22.4. The number of fused-ring (bicyclic) bond motifs is 2. The van der Waals surface area contributed by atoms with E-state index in [1.54, 1.807) is 78.9 Å². The molecule has 7 rings (SSSR count). The Morgan fingerprint density at radius 3 is 2.56 bits per heavy atom. The predicted octanol–water partition coefficient (Wildman–Crippen LogP) is 4.71. The van der Waals surface area contributed by atoms with E-state index < -0.39 is 18.2 Å². The number of ether oxygens (including phenoxy) is 1. The van der Waals surface area contributed by atoms with Gasteiger partial charge in [0.2, 0.25) is 11.8 Å². The first-order valence-electron chi connectivity index (χ1n) is 17.0. The topological polar surface area (TPSA) is 144 Å². The molecule has 0 radical (unpaired) electrons. The molecule has 3 aromatic carbocycles. The first-order valence-corrected chi connectivity index (χ1v) is 17.0. The van der Waals surface area contributed by atoms with Crippen LogP contribution in [0.25, 0.3) is 22.0 Å². The van der Waals surface area contributed by atoms with E-state index in [4.69, 9.17) is 4.74 Å². The Labute approximate surface area is 301 Å². The minimum atomic E-state index is -0.714. The number of carbonyl (C=O) groups is 3. The van der Waals surface area contributed by atoms with Crippen LogP contribution in [0.3, 0.4) is 0 Å². The van der Waals surface area contributed by atoms with Crippen LogP contribution in [0, 0.1) is 0 Å². The molecule has 52 heavy (non-hydrogen) atoms. The summed E-state index contributed by atoms with van der Waals surface area (Å²) in [7, 11) is 3.56. The molecular weight excluding hydrogens is 660 g/mol. The average Bonchev–Trinajstić information content (AvgIpc) is 3.48. The van der Waals surface area contributed by atoms with E-state index in [0.717, 1.165) is 33.2 Å². The summed E-state index contributed by atoms with van der Waals surface area (Å²) >= 11 is 0. The Morgan fingerprint density at radius 1 is 1.06 bits per heavy atom. The summed E-state index contributed by atoms with van der Waals surface area (Å²) in [4.78, 5) is 48.3. The molecule has 5 aromatic rings. The number of nitrogens with zero attached hydrogens (tertiary/aromatic N) is 5. The highest BCUT2D eigenvalue weighted by molar-refractivity contribution is 6.00. The van der Waals surface area contributed by atoms with Crippen molar-refractivity contribution in [1.29, 1.82) is 0 Å². The molecular formula is C39H40N8O5. The van der Waals surface area contributed by atoms with E-state index in [9.17, 15) is 19.5 Å². The van der Waals surface area contributed by atoms with Gasteiger partial charge in [-0.3, -0.25) is 14.9 Å². The average molecular weight is 701 g/mol. The number of hydrogen-bond donors (Lipinski definition) is 4. The molecule has 0 unspecified atom stereocenters. The fraction of sp³-hybridized carbons (Fsp3) is 0.231. The van der Waals surface area contributed by atoms with Gasteiger partial charge in [-0.1, -0.05) is 36.4 Å². The van der Waals surface area contributed by atoms with Gasteiger partial charge in [0.15, 0.2) is 0 Å². The first kappa shape index (κ1) is 34.3. The molecule has 2 saturated heterocycles. The van der Waals surface area contributed by atoms with Gasteiger partial charge in [-0.05, 0) is 59.7 Å². The van der Waals surface area contributed by atoms with Crippen molar-refractivity contribution in [2.75, 3.05) is 37.4 Å². The smallest absolute Gasteiger partial charge is 0.324 e. The number of hydrazine groups is 1. The fourth-order valence-electron chi connectivity index (χ4n) is 7.04. The highest BCUT2D eigenvalue weighted by Gasteiger charge is 2.46. The van der Waals surface area contributed by atoms with Crippen LogP contribution in [0.4, 0.5) is 16.3 Å². The van der Waals surface area contributed by atoms with Gasteiger partial charge in [0, 0.05) is 61.2 Å². The van der Waals surface area contributed by atoms with Crippen molar-refractivity contribution in [2.45, 2.75) is 25.2 Å². The van der Waals surface area contributed by atoms with Gasteiger partial charge >= 0.3 is 6.03 Å². The summed E-state index contributed by atoms with van der Waals surface area (Å²) in [6.07, 6.45) is 5.41. The van der Waals surface area contributed by atoms with E-state index in [1.807, 2.05) is 47.4 Å². The molecule has 2 aromatic heterocycles. The van der Waals surface area contributed by atoms with Crippen molar-refractivity contribution >= 4 is 40.3 Å². The number of para-hydroxylation sites is 1. The molecule has 2 atom stereocenters. The number of nitrogens with one attached hydrogen (secondary N) is 3. The van der Waals surface area contributed by atoms with Crippen LogP contribution in [0.1, 0.15) is 11.1 Å². The molecule has 2 aliphatic heterocycles. The molecule has 0 bridgehead atoms. The predicted molar refractivity (Wildman–Crippen MR) is 198 cm³/mol. The number of urea groups is 1. The third-order valence-electron chi connectivity index (χ3n) is 9.43. The molecule has 13 heteroatoms. The standard InChI is InChI=1S/C39H40N8O5/c1-4-18-46-24-36(49)47-33(19-25-8-13-29(48)14-9-25)38(50)45(23-35(47)43-46)21-27-6-5-7-31-32(22-44(2)37(27)31)26-10-17-34(40-20-26)42-39(51)41-28-11-15-30(52-3)16-12-28/h4-17,20,22,33,35,43,48H,1,18-19,21,23-24H2,2-3H3,(H2,40,41,42,51)/t33-,35+/m0/s1. The molecule has 2 fully saturated rings. The lowest BCUT2D eigenvalue weighted by atomic mass is 9.98. The number of amides is 4. The third kappa shape index (κ3) is 7.04. The third-order valence-corrected chi connectivity index (χ3v) is 9.43. The van der Waals surface area contributed by atoms with Crippen LogP contribution in [-0.4, -0.2) is 86.3 Å². The van der Waals surface area contributed by atoms with Crippen LogP contribution in [0.5, 0.6) is 11.5 Å². The number of phenolic OH excluding ortho intramolecular Hbond substituents is 1. The molecule has 4 heterocycles. The van der Waals surface area contributed by atoms with E-state index in [2.05, 4.69) is 32.2 Å². The zero-order valence-electron chi connectivity index (χ0n) is 29.0. The van der Waals surface area contributed by atoms with Crippen molar-refractivity contribution in [1.82, 2.24) is 29.8 Å². The number of aromatic hydroxyl groups is 1. The number of benzene rings is 3. The molecule has 4 N–H and O–H groups in total. The lowest BCUT2D eigenvalue weighted by molar-refractivity contribution is -0.168. The number of rotatable bonds is 10. The Kier molecular flexibility index (Phi) is 9.61. The number of phenols is 1. The maximum atomic E-state index is 14.3. The van der Waals surface area contributed by atoms with E-state index in [0.29, 0.717) is 43.3 Å². The maximum absolute atomic E-state index is 14.3. The van der Waals surface area contributed by atoms with Crippen molar-refractivity contribution in [3.05, 3.63) is 115 Å². The monoisotopic (exact) mass is 700 g/mol. The van der Waals surface area contributed by atoms with Crippen LogP contribution in [0.15, 0.2) is 104 Å². The van der Waals surface area contributed by atoms with Crippen molar-refractivity contribution in [3.8, 4) is 22.6 Å². The second-order valence-electron chi connectivity index (χ2n) is 12.9. The number of aromatic nitrogens is 2. The number of aryl methyl sites for hydroxylation is 1. The Bertz CT molecular complexity index is 2110. The molecule has 0 spiro atoms. The van der Waals surface area contributed by atoms with E-state index in [1.165, 1.54) is 0 Å². The molecule has 266 valence electrons. The van der Waals surface area contributed by atoms with Gasteiger partial charge in [0.1, 0.15) is 29.5 Å². The van der Waals surface area contributed by atoms with Crippen molar-refractivity contribution in [2.24, 2.45) is 7.05 Å². The van der Waals surface area contributed by atoms with Crippen molar-refractivity contribution in [3.63, 3.8) is 0 Å². The van der Waals surface area contributed by atoms with E-state index in [-0.39, 0.29) is 24.1 Å². The summed E-state index contributed by atoms with van der Waals surface area (Å²) in [5, 5.41) is 18.2.